The monoisotopic (exact) mass is 315 g/mol. The molecule has 23 heavy (non-hydrogen) atoms. The Kier molecular flexibility index (Phi) is 2.65. The van der Waals surface area contributed by atoms with Crippen LogP contribution in [0.3, 0.4) is 0 Å². The van der Waals surface area contributed by atoms with Crippen molar-refractivity contribution in [3.8, 4) is 6.07 Å². The number of fused-ring (bicyclic) bond motifs is 1. The van der Waals surface area contributed by atoms with Gasteiger partial charge >= 0.3 is 0 Å². The van der Waals surface area contributed by atoms with Gasteiger partial charge < -0.3 is 15.7 Å². The Hall–Kier alpha value is -1.12. The van der Waals surface area contributed by atoms with Crippen LogP contribution in [0.25, 0.3) is 0 Å². The summed E-state index contributed by atoms with van der Waals surface area (Å²) in [5, 5.41) is 20.2. The second-order valence-electron chi connectivity index (χ2n) is 9.21. The van der Waals surface area contributed by atoms with Gasteiger partial charge in [-0.3, -0.25) is 4.79 Å². The molecule has 0 radical (unpaired) electrons. The van der Waals surface area contributed by atoms with E-state index < -0.39 is 11.6 Å². The van der Waals surface area contributed by atoms with Crippen LogP contribution in [0.1, 0.15) is 51.4 Å². The molecule has 1 heterocycles. The number of aliphatic hydroxyl groups is 1. The Morgan fingerprint density at radius 1 is 1.22 bits per heavy atom. The quantitative estimate of drug-likeness (QED) is 0.800. The topological polar surface area (TPSA) is 90.4 Å². The van der Waals surface area contributed by atoms with Gasteiger partial charge in [-0.2, -0.15) is 5.26 Å². The van der Waals surface area contributed by atoms with Crippen LogP contribution in [0.15, 0.2) is 0 Å². The predicted octanol–water partition coefficient (Wildman–Crippen LogP) is 1.16. The van der Waals surface area contributed by atoms with E-state index in [0.717, 1.165) is 38.5 Å². The maximum atomic E-state index is 13.1. The standard InChI is InChI=1S/C18H25N3O2/c19-8-13-2-12-3-14(12)21(13)16(22)15(20)17-4-10-1-11(5-17)7-18(23,6-10)9-17/h10-15,23H,1-7,9,20H2/t10-,11+,12-,13+,14+,15+,17?,18?/m1/s1. The second-order valence-corrected chi connectivity index (χ2v) is 9.21. The summed E-state index contributed by atoms with van der Waals surface area (Å²) in [5.41, 5.74) is 5.71. The summed E-state index contributed by atoms with van der Waals surface area (Å²) in [4.78, 5) is 14.9. The van der Waals surface area contributed by atoms with Crippen LogP contribution in [0.4, 0.5) is 0 Å². The summed E-state index contributed by atoms with van der Waals surface area (Å²) in [6.07, 6.45) is 7.48. The number of piperidine rings is 1. The van der Waals surface area contributed by atoms with Crippen molar-refractivity contribution in [3.05, 3.63) is 0 Å². The highest BCUT2D eigenvalue weighted by molar-refractivity contribution is 5.84. The molecule has 3 N–H and O–H groups in total. The van der Waals surface area contributed by atoms with Crippen LogP contribution < -0.4 is 5.73 Å². The first-order valence-corrected chi connectivity index (χ1v) is 9.13. The van der Waals surface area contributed by atoms with E-state index in [9.17, 15) is 15.2 Å². The van der Waals surface area contributed by atoms with Crippen LogP contribution in [0, 0.1) is 34.5 Å². The van der Waals surface area contributed by atoms with Gasteiger partial charge in [0.15, 0.2) is 0 Å². The lowest BCUT2D eigenvalue weighted by atomic mass is 9.46. The van der Waals surface area contributed by atoms with Crippen molar-refractivity contribution in [2.75, 3.05) is 0 Å². The molecule has 1 aliphatic heterocycles. The molecule has 1 amide bonds. The Morgan fingerprint density at radius 2 is 1.91 bits per heavy atom. The van der Waals surface area contributed by atoms with E-state index in [2.05, 4.69) is 6.07 Å². The number of amides is 1. The normalized spacial score (nSPS) is 53.8. The highest BCUT2D eigenvalue weighted by Gasteiger charge is 2.62. The van der Waals surface area contributed by atoms with Crippen molar-refractivity contribution < 1.29 is 9.90 Å². The molecule has 5 saturated carbocycles. The van der Waals surface area contributed by atoms with Gasteiger partial charge in [-0.05, 0) is 74.5 Å². The molecule has 5 heteroatoms. The molecule has 8 atom stereocenters. The lowest BCUT2D eigenvalue weighted by Gasteiger charge is -2.61. The number of hydrogen-bond donors (Lipinski definition) is 2. The first-order valence-electron chi connectivity index (χ1n) is 9.13. The number of nitrogens with zero attached hydrogens (tertiary/aromatic N) is 2. The zero-order chi connectivity index (χ0) is 16.0. The molecule has 0 aromatic rings. The summed E-state index contributed by atoms with van der Waals surface area (Å²) in [6, 6.07) is 1.72. The number of likely N-dealkylation sites (tertiary alicyclic amines) is 1. The molecule has 2 unspecified atom stereocenters. The minimum absolute atomic E-state index is 0.0212. The Morgan fingerprint density at radius 3 is 2.52 bits per heavy atom. The van der Waals surface area contributed by atoms with E-state index in [1.54, 1.807) is 4.90 Å². The third-order valence-electron chi connectivity index (χ3n) is 7.51. The summed E-state index contributed by atoms with van der Waals surface area (Å²) in [6.45, 7) is 0. The predicted molar refractivity (Wildman–Crippen MR) is 82.8 cm³/mol. The molecule has 0 aromatic carbocycles. The van der Waals surface area contributed by atoms with Crippen molar-refractivity contribution in [2.24, 2.45) is 28.9 Å². The van der Waals surface area contributed by atoms with Gasteiger partial charge in [0, 0.05) is 6.04 Å². The van der Waals surface area contributed by atoms with E-state index in [0.29, 0.717) is 24.2 Å². The Balaban J connectivity index is 1.43. The fourth-order valence-corrected chi connectivity index (χ4v) is 6.96. The smallest absolute Gasteiger partial charge is 0.241 e. The highest BCUT2D eigenvalue weighted by atomic mass is 16.3. The largest absolute Gasteiger partial charge is 0.390 e. The van der Waals surface area contributed by atoms with Crippen molar-refractivity contribution >= 4 is 5.91 Å². The van der Waals surface area contributed by atoms with Crippen molar-refractivity contribution in [1.29, 1.82) is 5.26 Å². The van der Waals surface area contributed by atoms with E-state index in [4.69, 9.17) is 5.73 Å². The number of hydrogen-bond acceptors (Lipinski definition) is 4. The fraction of sp³-hybridized carbons (Fsp3) is 0.889. The average molecular weight is 315 g/mol. The molecule has 124 valence electrons. The molecule has 0 spiro atoms. The minimum Gasteiger partial charge on any atom is -0.390 e. The van der Waals surface area contributed by atoms with E-state index in [1.165, 1.54) is 6.42 Å². The molecule has 6 rings (SSSR count). The molecule has 5 aliphatic carbocycles. The van der Waals surface area contributed by atoms with E-state index >= 15 is 0 Å². The summed E-state index contributed by atoms with van der Waals surface area (Å²) >= 11 is 0. The number of carbonyl (C=O) groups excluding carboxylic acids is 1. The maximum absolute atomic E-state index is 13.1. The summed E-state index contributed by atoms with van der Waals surface area (Å²) in [5.74, 6) is 1.56. The third-order valence-corrected chi connectivity index (χ3v) is 7.51. The van der Waals surface area contributed by atoms with Crippen molar-refractivity contribution in [1.82, 2.24) is 4.90 Å². The fourth-order valence-electron chi connectivity index (χ4n) is 6.96. The van der Waals surface area contributed by atoms with E-state index in [-0.39, 0.29) is 23.4 Å². The van der Waals surface area contributed by atoms with Crippen LogP contribution >= 0.6 is 0 Å². The molecule has 0 aromatic heterocycles. The van der Waals surface area contributed by atoms with Crippen LogP contribution in [0.5, 0.6) is 0 Å². The lowest BCUT2D eigenvalue weighted by Crippen LogP contribution is -2.64. The van der Waals surface area contributed by atoms with Crippen LogP contribution in [-0.4, -0.2) is 39.6 Å². The second kappa shape index (κ2) is 4.29. The molecular weight excluding hydrogens is 290 g/mol. The lowest BCUT2D eigenvalue weighted by molar-refractivity contribution is -0.177. The third kappa shape index (κ3) is 1.88. The molecule has 1 saturated heterocycles. The Bertz CT molecular complexity index is 598. The number of carbonyl (C=O) groups is 1. The number of nitriles is 1. The molecule has 5 nitrogen and oxygen atoms in total. The molecule has 4 bridgehead atoms. The zero-order valence-electron chi connectivity index (χ0n) is 13.4. The van der Waals surface area contributed by atoms with Crippen molar-refractivity contribution in [3.63, 3.8) is 0 Å². The maximum Gasteiger partial charge on any atom is 0.241 e. The first kappa shape index (κ1) is 14.2. The molecule has 6 fully saturated rings. The Labute approximate surface area is 136 Å². The summed E-state index contributed by atoms with van der Waals surface area (Å²) in [7, 11) is 0. The van der Waals surface area contributed by atoms with Gasteiger partial charge in [0.25, 0.3) is 0 Å². The van der Waals surface area contributed by atoms with Gasteiger partial charge in [-0.1, -0.05) is 0 Å². The van der Waals surface area contributed by atoms with Gasteiger partial charge in [-0.15, -0.1) is 0 Å². The van der Waals surface area contributed by atoms with Gasteiger partial charge in [0.1, 0.15) is 6.04 Å². The van der Waals surface area contributed by atoms with Crippen LogP contribution in [0.2, 0.25) is 0 Å². The van der Waals surface area contributed by atoms with Crippen molar-refractivity contribution in [2.45, 2.75) is 75.1 Å². The van der Waals surface area contributed by atoms with Gasteiger partial charge in [-0.25, -0.2) is 0 Å². The highest BCUT2D eigenvalue weighted by Crippen LogP contribution is 2.63. The number of nitrogens with two attached hydrogens (primary N) is 1. The van der Waals surface area contributed by atoms with Crippen LogP contribution in [-0.2, 0) is 4.79 Å². The molecule has 6 aliphatic rings. The summed E-state index contributed by atoms with van der Waals surface area (Å²) < 4.78 is 0. The SMILES string of the molecule is N#C[C@@H]1C[C@@H]2C[C@@H]2N1C(=O)[C@H](N)C12C[C@@H]3C[C@@H](CC(O)(C3)C1)C2. The average Bonchev–Trinajstić information content (AvgIpc) is 3.14. The minimum atomic E-state index is -0.594. The van der Waals surface area contributed by atoms with Gasteiger partial charge in [0.2, 0.25) is 5.91 Å². The first-order chi connectivity index (χ1) is 10.9. The zero-order valence-corrected chi connectivity index (χ0v) is 13.4. The van der Waals surface area contributed by atoms with E-state index in [1.807, 2.05) is 0 Å². The number of rotatable bonds is 2. The molecular formula is C18H25N3O2. The van der Waals surface area contributed by atoms with Gasteiger partial charge in [0.05, 0.1) is 17.7 Å².